The Morgan fingerprint density at radius 2 is 1.10 bits per heavy atom. The number of ether oxygens (including phenoxy) is 1. The first-order valence-electron chi connectivity index (χ1n) is 23.1. The average Bonchev–Trinajstić information content (AvgIpc) is 4.10. The van der Waals surface area contributed by atoms with E-state index in [9.17, 15) is 0 Å². The highest BCUT2D eigenvalue weighted by Crippen LogP contribution is 2.83. The number of fused-ring (bicyclic) bond motifs is 13. The molecule has 8 aromatic rings. The van der Waals surface area contributed by atoms with Crippen LogP contribution in [0.15, 0.2) is 158 Å². The van der Waals surface area contributed by atoms with E-state index in [1.54, 1.807) is 0 Å². The summed E-state index contributed by atoms with van der Waals surface area (Å²) in [7, 11) is 0. The van der Waals surface area contributed by atoms with Gasteiger partial charge < -0.3 is 4.74 Å². The van der Waals surface area contributed by atoms with E-state index in [4.69, 9.17) is 19.7 Å². The molecule has 4 unspecified atom stereocenters. The molecule has 7 aliphatic carbocycles. The van der Waals surface area contributed by atoms with Gasteiger partial charge in [-0.1, -0.05) is 159 Å². The molecule has 4 heteroatoms. The Balaban J connectivity index is 0.944. The SMILES string of the molecule is CC1(C)c2ccccc2-c2ccc(-c3nc(-c4ccccc4-c4cccc5c4Oc4ccccc4C54c5ccccc5-c5ccccc54)nc(C45CC6C7C[C@@H](C4)C6(C7)C5)n3)cc21. The van der Waals surface area contributed by atoms with Crippen molar-refractivity contribution >= 4 is 0 Å². The summed E-state index contributed by atoms with van der Waals surface area (Å²) in [5, 5.41) is 0. The van der Waals surface area contributed by atoms with Crippen LogP contribution in [0.25, 0.3) is 56.2 Å². The van der Waals surface area contributed by atoms with Crippen LogP contribution < -0.4 is 4.74 Å². The molecule has 2 spiro atoms. The Bertz CT molecular complexity index is 3290. The molecule has 0 N–H and O–H groups in total. The molecule has 0 saturated heterocycles. The van der Waals surface area contributed by atoms with Gasteiger partial charge >= 0.3 is 0 Å². The van der Waals surface area contributed by atoms with Crippen LogP contribution in [0.1, 0.15) is 85.2 Å². The van der Waals surface area contributed by atoms with E-state index in [0.29, 0.717) is 5.41 Å². The minimum atomic E-state index is -0.545. The summed E-state index contributed by atoms with van der Waals surface area (Å²) < 4.78 is 7.19. The quantitative estimate of drug-likeness (QED) is 0.178. The molecule has 1 aliphatic heterocycles. The summed E-state index contributed by atoms with van der Waals surface area (Å²) in [6.45, 7) is 4.71. The lowest BCUT2D eigenvalue weighted by Gasteiger charge is -2.45. The van der Waals surface area contributed by atoms with Gasteiger partial charge in [0.15, 0.2) is 11.6 Å². The van der Waals surface area contributed by atoms with E-state index in [2.05, 4.69) is 172 Å². The molecule has 4 nitrogen and oxygen atoms in total. The van der Waals surface area contributed by atoms with E-state index in [-0.39, 0.29) is 10.8 Å². The summed E-state index contributed by atoms with van der Waals surface area (Å²) >= 11 is 0. The first-order valence-corrected chi connectivity index (χ1v) is 23.1. The third-order valence-electron chi connectivity index (χ3n) is 17.5. The molecule has 2 heterocycles. The largest absolute Gasteiger partial charge is 0.456 e. The summed E-state index contributed by atoms with van der Waals surface area (Å²) in [6.07, 6.45) is 6.47. The van der Waals surface area contributed by atoms with E-state index in [1.165, 1.54) is 82.2 Å². The molecule has 3 bridgehead atoms. The molecule has 8 aliphatic rings. The molecule has 63 heavy (non-hydrogen) atoms. The molecule has 5 fully saturated rings. The maximum Gasteiger partial charge on any atom is 0.164 e. The monoisotopic (exact) mass is 811 g/mol. The Morgan fingerprint density at radius 3 is 1.84 bits per heavy atom. The number of para-hydroxylation sites is 2. The van der Waals surface area contributed by atoms with E-state index < -0.39 is 5.41 Å². The van der Waals surface area contributed by atoms with Crippen LogP contribution in [-0.4, -0.2) is 15.0 Å². The Hall–Kier alpha value is -6.65. The zero-order valence-electron chi connectivity index (χ0n) is 35.5. The maximum absolute atomic E-state index is 7.19. The lowest BCUT2D eigenvalue weighted by molar-refractivity contribution is 0.0379. The molecule has 302 valence electrons. The van der Waals surface area contributed by atoms with Crippen LogP contribution in [-0.2, 0) is 16.2 Å². The number of aromatic nitrogens is 3. The van der Waals surface area contributed by atoms with Gasteiger partial charge in [0.05, 0.1) is 5.41 Å². The zero-order chi connectivity index (χ0) is 41.5. The number of hydrogen-bond donors (Lipinski definition) is 0. The minimum Gasteiger partial charge on any atom is -0.456 e. The second-order valence-electron chi connectivity index (χ2n) is 20.5. The highest BCUT2D eigenvalue weighted by molar-refractivity contribution is 5.92. The number of benzene rings is 7. The van der Waals surface area contributed by atoms with Crippen molar-refractivity contribution in [2.75, 3.05) is 0 Å². The molecule has 7 aromatic carbocycles. The fourth-order valence-corrected chi connectivity index (χ4v) is 15.1. The summed E-state index contributed by atoms with van der Waals surface area (Å²) in [6, 6.07) is 57.9. The van der Waals surface area contributed by atoms with Crippen LogP contribution in [0.4, 0.5) is 0 Å². The molecule has 5 saturated carbocycles. The summed E-state index contributed by atoms with van der Waals surface area (Å²) in [4.78, 5) is 16.8. The van der Waals surface area contributed by atoms with Gasteiger partial charge in [-0.05, 0) is 117 Å². The van der Waals surface area contributed by atoms with Crippen molar-refractivity contribution in [3.05, 3.63) is 197 Å². The predicted octanol–water partition coefficient (Wildman–Crippen LogP) is 13.7. The Labute approximate surface area is 368 Å². The standard InChI is InChI=1S/C59H45N3O/c1-56(2)44-20-8-5-15-38(44)41-27-26-34(29-49(41)56)53-60-54(62-55(61-53)57-31-36-28-35-30-58(36,33-57)50(35)32-57)43-18-4-3-14-37(43)42-19-13-24-48-52(42)63-51-25-12-11-23-47(51)59(48)45-21-9-6-16-39(45)40-17-7-10-22-46(40)59/h3-27,29,35-36,50H,28,30-33H2,1-2H3/t35?,36-,50?,57?,58?/m0/s1. The summed E-state index contributed by atoms with van der Waals surface area (Å²) in [5.74, 6) is 6.85. The number of rotatable bonds is 4. The molecule has 16 rings (SSSR count). The van der Waals surface area contributed by atoms with Crippen LogP contribution in [0.3, 0.4) is 0 Å². The molecular formula is C59H45N3O. The van der Waals surface area contributed by atoms with Gasteiger partial charge in [-0.15, -0.1) is 0 Å². The van der Waals surface area contributed by atoms with Crippen molar-refractivity contribution in [2.24, 2.45) is 23.2 Å². The Morgan fingerprint density at radius 1 is 0.492 bits per heavy atom. The third-order valence-corrected chi connectivity index (χ3v) is 17.5. The minimum absolute atomic E-state index is 0.00255. The van der Waals surface area contributed by atoms with Crippen molar-refractivity contribution in [2.45, 2.75) is 62.2 Å². The summed E-state index contributed by atoms with van der Waals surface area (Å²) in [5.41, 5.74) is 16.8. The van der Waals surface area contributed by atoms with E-state index in [1.807, 2.05) is 0 Å². The number of nitrogens with zero attached hydrogens (tertiary/aromatic N) is 3. The predicted molar refractivity (Wildman–Crippen MR) is 249 cm³/mol. The average molecular weight is 812 g/mol. The smallest absolute Gasteiger partial charge is 0.164 e. The molecule has 5 atom stereocenters. The molecular weight excluding hydrogens is 767 g/mol. The first kappa shape index (κ1) is 34.9. The fraction of sp³-hybridized carbons (Fsp3) is 0.237. The second kappa shape index (κ2) is 11.7. The van der Waals surface area contributed by atoms with E-state index in [0.717, 1.165) is 74.5 Å². The maximum atomic E-state index is 7.19. The van der Waals surface area contributed by atoms with Crippen LogP contribution in [0.5, 0.6) is 11.5 Å². The number of hydrogen-bond acceptors (Lipinski definition) is 4. The Kier molecular flexibility index (Phi) is 6.46. The highest BCUT2D eigenvalue weighted by Gasteiger charge is 2.77. The van der Waals surface area contributed by atoms with Crippen molar-refractivity contribution < 1.29 is 4.74 Å². The zero-order valence-corrected chi connectivity index (χ0v) is 35.5. The first-order chi connectivity index (χ1) is 30.9. The van der Waals surface area contributed by atoms with Crippen LogP contribution in [0.2, 0.25) is 0 Å². The van der Waals surface area contributed by atoms with Crippen molar-refractivity contribution in [3.63, 3.8) is 0 Å². The molecule has 1 aromatic heterocycles. The van der Waals surface area contributed by atoms with Crippen LogP contribution in [0, 0.1) is 23.2 Å². The highest BCUT2D eigenvalue weighted by atomic mass is 16.5. The molecule has 0 amide bonds. The topological polar surface area (TPSA) is 47.9 Å². The van der Waals surface area contributed by atoms with Gasteiger partial charge in [-0.2, -0.15) is 0 Å². The van der Waals surface area contributed by atoms with Crippen molar-refractivity contribution in [1.29, 1.82) is 0 Å². The van der Waals surface area contributed by atoms with Gasteiger partial charge in [-0.25, -0.2) is 15.0 Å². The van der Waals surface area contributed by atoms with Gasteiger partial charge in [-0.3, -0.25) is 0 Å². The third kappa shape index (κ3) is 4.17. The van der Waals surface area contributed by atoms with Crippen molar-refractivity contribution in [3.8, 4) is 67.7 Å². The van der Waals surface area contributed by atoms with Gasteiger partial charge in [0.25, 0.3) is 0 Å². The molecule has 0 radical (unpaired) electrons. The normalized spacial score (nSPS) is 25.7. The lowest BCUT2D eigenvalue weighted by atomic mass is 9.60. The lowest BCUT2D eigenvalue weighted by Crippen LogP contribution is -2.38. The second-order valence-corrected chi connectivity index (χ2v) is 20.5. The van der Waals surface area contributed by atoms with Gasteiger partial charge in [0, 0.05) is 38.6 Å². The van der Waals surface area contributed by atoms with Gasteiger partial charge in [0.2, 0.25) is 0 Å². The van der Waals surface area contributed by atoms with Gasteiger partial charge in [0.1, 0.15) is 17.3 Å². The fourth-order valence-electron chi connectivity index (χ4n) is 15.1. The van der Waals surface area contributed by atoms with E-state index >= 15 is 0 Å². The van der Waals surface area contributed by atoms with Crippen LogP contribution >= 0.6 is 0 Å². The van der Waals surface area contributed by atoms with Crippen molar-refractivity contribution in [1.82, 2.24) is 15.0 Å².